The summed E-state index contributed by atoms with van der Waals surface area (Å²) < 4.78 is 19.5. The van der Waals surface area contributed by atoms with Crippen LogP contribution in [-0.4, -0.2) is 21.0 Å². The van der Waals surface area contributed by atoms with Crippen molar-refractivity contribution in [2.24, 2.45) is 0 Å². The Morgan fingerprint density at radius 3 is 2.71 bits per heavy atom. The van der Waals surface area contributed by atoms with Crippen LogP contribution in [-0.2, 0) is 6.54 Å². The normalized spacial score (nSPS) is 10.6. The fourth-order valence-electron chi connectivity index (χ4n) is 2.16. The van der Waals surface area contributed by atoms with E-state index in [4.69, 9.17) is 4.52 Å². The summed E-state index contributed by atoms with van der Waals surface area (Å²) in [5, 5.41) is 13.4. The Kier molecular flexibility index (Phi) is 4.28. The molecule has 0 aliphatic carbocycles. The second-order valence-corrected chi connectivity index (χ2v) is 5.29. The molecule has 7 nitrogen and oxygen atoms in total. The van der Waals surface area contributed by atoms with Gasteiger partial charge >= 0.3 is 6.03 Å². The highest BCUT2D eigenvalue weighted by Crippen LogP contribution is 2.13. The SMILES string of the molecule is Cc1cc(NC(=O)NCc2cn(-c3ccc(F)cc3)nc2C)no1. The first-order valence-corrected chi connectivity index (χ1v) is 7.30. The van der Waals surface area contributed by atoms with Gasteiger partial charge in [-0.3, -0.25) is 5.32 Å². The van der Waals surface area contributed by atoms with Crippen molar-refractivity contribution in [2.45, 2.75) is 20.4 Å². The van der Waals surface area contributed by atoms with Gasteiger partial charge in [-0.25, -0.2) is 13.9 Å². The molecule has 0 radical (unpaired) electrons. The van der Waals surface area contributed by atoms with E-state index in [0.717, 1.165) is 16.9 Å². The quantitative estimate of drug-likeness (QED) is 0.771. The number of aromatic nitrogens is 3. The third-order valence-corrected chi connectivity index (χ3v) is 3.40. The minimum Gasteiger partial charge on any atom is -0.360 e. The number of benzene rings is 1. The summed E-state index contributed by atoms with van der Waals surface area (Å²) in [7, 11) is 0. The standard InChI is InChI=1S/C16H16FN5O2/c1-10-7-15(21-24-10)19-16(23)18-8-12-9-22(20-11(12)2)14-5-3-13(17)4-6-14/h3-7,9H,8H2,1-2H3,(H2,18,19,21,23). The minimum absolute atomic E-state index is 0.301. The molecular weight excluding hydrogens is 313 g/mol. The molecular formula is C16H16FN5O2. The maximum atomic E-state index is 13.0. The number of carbonyl (C=O) groups excluding carboxylic acids is 1. The number of hydrogen-bond donors (Lipinski definition) is 2. The molecule has 0 bridgehead atoms. The Labute approximate surface area is 137 Å². The van der Waals surface area contributed by atoms with Crippen LogP contribution in [0, 0.1) is 19.7 Å². The molecule has 0 unspecified atom stereocenters. The van der Waals surface area contributed by atoms with E-state index in [2.05, 4.69) is 20.9 Å². The molecule has 124 valence electrons. The van der Waals surface area contributed by atoms with Crippen LogP contribution in [0.15, 0.2) is 41.1 Å². The van der Waals surface area contributed by atoms with E-state index in [1.165, 1.54) is 12.1 Å². The number of hydrogen-bond acceptors (Lipinski definition) is 4. The number of urea groups is 1. The maximum absolute atomic E-state index is 13.0. The Morgan fingerprint density at radius 1 is 1.29 bits per heavy atom. The van der Waals surface area contributed by atoms with Crippen molar-refractivity contribution in [3.05, 3.63) is 59.4 Å². The van der Waals surface area contributed by atoms with Gasteiger partial charge in [0.15, 0.2) is 5.82 Å². The molecule has 0 atom stereocenters. The summed E-state index contributed by atoms with van der Waals surface area (Å²) in [6, 6.07) is 7.25. The zero-order valence-electron chi connectivity index (χ0n) is 13.2. The van der Waals surface area contributed by atoms with Crippen molar-refractivity contribution in [3.8, 4) is 5.69 Å². The number of aryl methyl sites for hydroxylation is 2. The molecule has 2 amide bonds. The van der Waals surface area contributed by atoms with E-state index in [0.29, 0.717) is 18.1 Å². The fraction of sp³-hybridized carbons (Fsp3) is 0.188. The van der Waals surface area contributed by atoms with E-state index in [1.807, 2.05) is 6.92 Å². The lowest BCUT2D eigenvalue weighted by Gasteiger charge is -2.04. The maximum Gasteiger partial charge on any atom is 0.320 e. The van der Waals surface area contributed by atoms with Crippen LogP contribution in [0.2, 0.25) is 0 Å². The van der Waals surface area contributed by atoms with Gasteiger partial charge in [0.1, 0.15) is 11.6 Å². The van der Waals surface area contributed by atoms with E-state index < -0.39 is 6.03 Å². The molecule has 0 saturated carbocycles. The number of anilines is 1. The van der Waals surface area contributed by atoms with Gasteiger partial charge in [-0.05, 0) is 38.1 Å². The average Bonchev–Trinajstić information content (AvgIpc) is 3.12. The van der Waals surface area contributed by atoms with Gasteiger partial charge in [0.2, 0.25) is 0 Å². The summed E-state index contributed by atoms with van der Waals surface area (Å²) in [6.07, 6.45) is 1.79. The predicted molar refractivity (Wildman–Crippen MR) is 85.4 cm³/mol. The Hall–Kier alpha value is -3.16. The van der Waals surface area contributed by atoms with Crippen molar-refractivity contribution in [2.75, 3.05) is 5.32 Å². The molecule has 0 aliphatic heterocycles. The summed E-state index contributed by atoms with van der Waals surface area (Å²) in [5.41, 5.74) is 2.37. The third-order valence-electron chi connectivity index (χ3n) is 3.40. The molecule has 2 aromatic heterocycles. The van der Waals surface area contributed by atoms with Crippen LogP contribution in [0.5, 0.6) is 0 Å². The van der Waals surface area contributed by atoms with Crippen LogP contribution in [0.3, 0.4) is 0 Å². The van der Waals surface area contributed by atoms with Crippen LogP contribution < -0.4 is 10.6 Å². The van der Waals surface area contributed by atoms with Crippen LogP contribution in [0.25, 0.3) is 5.69 Å². The second kappa shape index (κ2) is 6.53. The fourth-order valence-corrected chi connectivity index (χ4v) is 2.16. The summed E-state index contributed by atoms with van der Waals surface area (Å²) in [5.74, 6) is 0.662. The van der Waals surface area contributed by atoms with Crippen LogP contribution in [0.4, 0.5) is 15.0 Å². The number of nitrogens with one attached hydrogen (secondary N) is 2. The molecule has 0 fully saturated rings. The number of halogens is 1. The average molecular weight is 329 g/mol. The Balaban J connectivity index is 1.63. The van der Waals surface area contributed by atoms with E-state index in [-0.39, 0.29) is 5.82 Å². The zero-order valence-corrected chi connectivity index (χ0v) is 13.2. The lowest BCUT2D eigenvalue weighted by Crippen LogP contribution is -2.28. The highest BCUT2D eigenvalue weighted by atomic mass is 19.1. The molecule has 3 aromatic rings. The molecule has 0 aliphatic rings. The molecule has 1 aromatic carbocycles. The lowest BCUT2D eigenvalue weighted by atomic mass is 10.2. The third kappa shape index (κ3) is 3.60. The van der Waals surface area contributed by atoms with Gasteiger partial charge in [-0.1, -0.05) is 5.16 Å². The van der Waals surface area contributed by atoms with Crippen molar-refractivity contribution >= 4 is 11.8 Å². The van der Waals surface area contributed by atoms with Crippen molar-refractivity contribution in [1.82, 2.24) is 20.3 Å². The van der Waals surface area contributed by atoms with Crippen LogP contribution in [0.1, 0.15) is 17.0 Å². The van der Waals surface area contributed by atoms with Crippen molar-refractivity contribution in [1.29, 1.82) is 0 Å². The summed E-state index contributed by atoms with van der Waals surface area (Å²) in [4.78, 5) is 11.8. The largest absolute Gasteiger partial charge is 0.360 e. The molecule has 24 heavy (non-hydrogen) atoms. The topological polar surface area (TPSA) is 85.0 Å². The number of rotatable bonds is 4. The first-order chi connectivity index (χ1) is 11.5. The van der Waals surface area contributed by atoms with Crippen molar-refractivity contribution in [3.63, 3.8) is 0 Å². The van der Waals surface area contributed by atoms with Gasteiger partial charge in [0.25, 0.3) is 0 Å². The predicted octanol–water partition coefficient (Wildman–Crippen LogP) is 2.94. The molecule has 2 N–H and O–H groups in total. The van der Waals surface area contributed by atoms with Crippen molar-refractivity contribution < 1.29 is 13.7 Å². The highest BCUT2D eigenvalue weighted by Gasteiger charge is 2.09. The van der Waals surface area contributed by atoms with Gasteiger partial charge in [-0.15, -0.1) is 0 Å². The van der Waals surface area contributed by atoms with E-state index in [1.54, 1.807) is 36.0 Å². The number of amides is 2. The highest BCUT2D eigenvalue weighted by molar-refractivity contribution is 5.88. The molecule has 3 rings (SSSR count). The van der Waals surface area contributed by atoms with E-state index in [9.17, 15) is 9.18 Å². The molecule has 0 saturated heterocycles. The number of nitrogens with zero attached hydrogens (tertiary/aromatic N) is 3. The van der Waals surface area contributed by atoms with E-state index >= 15 is 0 Å². The number of carbonyl (C=O) groups is 1. The molecule has 0 spiro atoms. The monoisotopic (exact) mass is 329 g/mol. The van der Waals surface area contributed by atoms with Gasteiger partial charge < -0.3 is 9.84 Å². The summed E-state index contributed by atoms with van der Waals surface area (Å²) >= 11 is 0. The summed E-state index contributed by atoms with van der Waals surface area (Å²) in [6.45, 7) is 3.88. The van der Waals surface area contributed by atoms with Gasteiger partial charge in [0, 0.05) is 24.4 Å². The Morgan fingerprint density at radius 2 is 2.04 bits per heavy atom. The molecule has 2 heterocycles. The second-order valence-electron chi connectivity index (χ2n) is 5.29. The van der Waals surface area contributed by atoms with Crippen LogP contribution >= 0.6 is 0 Å². The Bertz CT molecular complexity index is 854. The first-order valence-electron chi connectivity index (χ1n) is 7.30. The van der Waals surface area contributed by atoms with Gasteiger partial charge in [0.05, 0.1) is 11.4 Å². The lowest BCUT2D eigenvalue weighted by molar-refractivity contribution is 0.251. The van der Waals surface area contributed by atoms with Gasteiger partial charge in [-0.2, -0.15) is 5.10 Å². The smallest absolute Gasteiger partial charge is 0.320 e. The zero-order chi connectivity index (χ0) is 17.1. The molecule has 8 heteroatoms. The first kappa shape index (κ1) is 15.7. The minimum atomic E-state index is -0.391.